The van der Waals surface area contributed by atoms with Crippen molar-refractivity contribution in [2.75, 3.05) is 18.0 Å². The zero-order valence-electron chi connectivity index (χ0n) is 11.0. The van der Waals surface area contributed by atoms with E-state index in [0.717, 1.165) is 35.8 Å². The summed E-state index contributed by atoms with van der Waals surface area (Å²) in [7, 11) is 0. The monoisotopic (exact) mass is 266 g/mol. The summed E-state index contributed by atoms with van der Waals surface area (Å²) in [6, 6.07) is 5.82. The summed E-state index contributed by atoms with van der Waals surface area (Å²) >= 11 is 0. The van der Waals surface area contributed by atoms with Crippen molar-refractivity contribution in [2.45, 2.75) is 12.8 Å². The Morgan fingerprint density at radius 1 is 1.00 bits per heavy atom. The molecule has 0 saturated carbocycles. The molecular formula is C14H14N6. The standard InChI is InChI=1S/C14H14N6/c1-2-9-19(8-1)14-15-7-5-12(18-14)11-10-17-20-13(11)4-3-6-16-20/h3-7,10H,1-2,8-9H2. The van der Waals surface area contributed by atoms with Crippen LogP contribution in [0.5, 0.6) is 0 Å². The topological polar surface area (TPSA) is 59.2 Å². The van der Waals surface area contributed by atoms with Gasteiger partial charge >= 0.3 is 0 Å². The third kappa shape index (κ3) is 1.80. The van der Waals surface area contributed by atoms with Crippen LogP contribution in [0.3, 0.4) is 0 Å². The number of anilines is 1. The zero-order chi connectivity index (χ0) is 13.4. The Morgan fingerprint density at radius 2 is 1.90 bits per heavy atom. The molecule has 1 saturated heterocycles. The minimum absolute atomic E-state index is 0.809. The highest BCUT2D eigenvalue weighted by Crippen LogP contribution is 2.24. The average molecular weight is 266 g/mol. The van der Waals surface area contributed by atoms with E-state index in [1.165, 1.54) is 12.8 Å². The van der Waals surface area contributed by atoms with Crippen molar-refractivity contribution < 1.29 is 0 Å². The summed E-state index contributed by atoms with van der Waals surface area (Å²) in [5.41, 5.74) is 2.84. The van der Waals surface area contributed by atoms with Crippen molar-refractivity contribution in [2.24, 2.45) is 0 Å². The van der Waals surface area contributed by atoms with Gasteiger partial charge < -0.3 is 4.90 Å². The molecule has 100 valence electrons. The molecule has 4 heterocycles. The molecule has 3 aromatic heterocycles. The Hall–Kier alpha value is -2.50. The Kier molecular flexibility index (Phi) is 2.58. The predicted octanol–water partition coefficient (Wildman–Crippen LogP) is 1.79. The first kappa shape index (κ1) is 11.3. The van der Waals surface area contributed by atoms with Crippen molar-refractivity contribution in [3.63, 3.8) is 0 Å². The van der Waals surface area contributed by atoms with E-state index in [4.69, 9.17) is 0 Å². The molecule has 6 heteroatoms. The summed E-state index contributed by atoms with van der Waals surface area (Å²) in [5.74, 6) is 0.809. The number of hydrogen-bond donors (Lipinski definition) is 0. The number of fused-ring (bicyclic) bond motifs is 1. The molecule has 0 amide bonds. The lowest BCUT2D eigenvalue weighted by Gasteiger charge is -2.15. The van der Waals surface area contributed by atoms with Crippen LogP contribution in [0, 0.1) is 0 Å². The van der Waals surface area contributed by atoms with Gasteiger partial charge in [-0.25, -0.2) is 9.97 Å². The van der Waals surface area contributed by atoms with Crippen LogP contribution >= 0.6 is 0 Å². The molecule has 20 heavy (non-hydrogen) atoms. The van der Waals surface area contributed by atoms with Crippen LogP contribution < -0.4 is 4.90 Å². The van der Waals surface area contributed by atoms with E-state index in [9.17, 15) is 0 Å². The van der Waals surface area contributed by atoms with Gasteiger partial charge in [0.1, 0.15) is 0 Å². The van der Waals surface area contributed by atoms with Crippen LogP contribution in [0.25, 0.3) is 16.8 Å². The second-order valence-electron chi connectivity index (χ2n) is 4.89. The van der Waals surface area contributed by atoms with Gasteiger partial charge in [-0.1, -0.05) is 0 Å². The van der Waals surface area contributed by atoms with Crippen LogP contribution in [0.1, 0.15) is 12.8 Å². The first-order chi connectivity index (χ1) is 9.92. The smallest absolute Gasteiger partial charge is 0.225 e. The fourth-order valence-corrected chi connectivity index (χ4v) is 2.60. The van der Waals surface area contributed by atoms with E-state index >= 15 is 0 Å². The van der Waals surface area contributed by atoms with Crippen molar-refractivity contribution >= 4 is 11.5 Å². The van der Waals surface area contributed by atoms with Crippen molar-refractivity contribution in [3.8, 4) is 11.3 Å². The van der Waals surface area contributed by atoms with E-state index < -0.39 is 0 Å². The minimum atomic E-state index is 0.809. The molecule has 0 bridgehead atoms. The van der Waals surface area contributed by atoms with Crippen LogP contribution in [0.2, 0.25) is 0 Å². The maximum Gasteiger partial charge on any atom is 0.225 e. The van der Waals surface area contributed by atoms with E-state index in [1.807, 2.05) is 24.4 Å². The highest BCUT2D eigenvalue weighted by atomic mass is 15.4. The van der Waals surface area contributed by atoms with Gasteiger partial charge in [0, 0.05) is 31.0 Å². The first-order valence-corrected chi connectivity index (χ1v) is 6.79. The van der Waals surface area contributed by atoms with Crippen LogP contribution in [0.4, 0.5) is 5.95 Å². The van der Waals surface area contributed by atoms with Crippen LogP contribution in [0.15, 0.2) is 36.8 Å². The maximum atomic E-state index is 4.68. The number of aromatic nitrogens is 5. The zero-order valence-corrected chi connectivity index (χ0v) is 11.0. The average Bonchev–Trinajstić information content (AvgIpc) is 3.17. The van der Waals surface area contributed by atoms with Gasteiger partial charge in [0.15, 0.2) is 0 Å². The Labute approximate surface area is 116 Å². The fraction of sp³-hybridized carbons (Fsp3) is 0.286. The number of nitrogens with zero attached hydrogens (tertiary/aromatic N) is 6. The summed E-state index contributed by atoms with van der Waals surface area (Å²) in [6.45, 7) is 2.08. The molecule has 0 radical (unpaired) electrons. The Balaban J connectivity index is 1.80. The lowest BCUT2D eigenvalue weighted by atomic mass is 10.2. The molecule has 3 aromatic rings. The maximum absolute atomic E-state index is 4.68. The summed E-state index contributed by atoms with van der Waals surface area (Å²) in [5, 5.41) is 8.43. The summed E-state index contributed by atoms with van der Waals surface area (Å²) in [4.78, 5) is 11.3. The largest absolute Gasteiger partial charge is 0.341 e. The molecule has 0 aromatic carbocycles. The normalized spacial score (nSPS) is 15.1. The third-order valence-electron chi connectivity index (χ3n) is 3.61. The van der Waals surface area contributed by atoms with Gasteiger partial charge in [0.05, 0.1) is 17.4 Å². The second kappa shape index (κ2) is 4.56. The molecule has 6 nitrogen and oxygen atoms in total. The van der Waals surface area contributed by atoms with E-state index in [1.54, 1.807) is 17.0 Å². The number of rotatable bonds is 2. The van der Waals surface area contributed by atoms with Gasteiger partial charge in [0.2, 0.25) is 5.95 Å². The molecule has 0 unspecified atom stereocenters. The van der Waals surface area contributed by atoms with Crippen LogP contribution in [-0.4, -0.2) is 37.9 Å². The number of hydrogen-bond acceptors (Lipinski definition) is 5. The quantitative estimate of drug-likeness (QED) is 0.707. The third-order valence-corrected chi connectivity index (χ3v) is 3.61. The molecule has 1 fully saturated rings. The van der Waals surface area contributed by atoms with Gasteiger partial charge in [-0.05, 0) is 31.0 Å². The lowest BCUT2D eigenvalue weighted by molar-refractivity contribution is 0.800. The summed E-state index contributed by atoms with van der Waals surface area (Å²) < 4.78 is 1.62. The Morgan fingerprint density at radius 3 is 2.80 bits per heavy atom. The van der Waals surface area contributed by atoms with Gasteiger partial charge in [-0.3, -0.25) is 0 Å². The highest BCUT2D eigenvalue weighted by molar-refractivity contribution is 5.77. The van der Waals surface area contributed by atoms with E-state index in [2.05, 4.69) is 25.1 Å². The molecule has 4 rings (SSSR count). The SMILES string of the molecule is c1cnn2ncc(-c3ccnc(N4CCCC4)n3)c2c1. The lowest BCUT2D eigenvalue weighted by Crippen LogP contribution is -2.20. The molecule has 1 aliphatic heterocycles. The van der Waals surface area contributed by atoms with Gasteiger partial charge in [-0.15, -0.1) is 0 Å². The minimum Gasteiger partial charge on any atom is -0.341 e. The second-order valence-corrected chi connectivity index (χ2v) is 4.89. The summed E-state index contributed by atoms with van der Waals surface area (Å²) in [6.07, 6.45) is 7.77. The molecular weight excluding hydrogens is 252 g/mol. The highest BCUT2D eigenvalue weighted by Gasteiger charge is 2.16. The fourth-order valence-electron chi connectivity index (χ4n) is 2.60. The van der Waals surface area contributed by atoms with Crippen LogP contribution in [-0.2, 0) is 0 Å². The van der Waals surface area contributed by atoms with Gasteiger partial charge in [-0.2, -0.15) is 14.8 Å². The predicted molar refractivity (Wildman–Crippen MR) is 75.5 cm³/mol. The Bertz CT molecular complexity index is 744. The van der Waals surface area contributed by atoms with E-state index in [0.29, 0.717) is 0 Å². The van der Waals surface area contributed by atoms with Crippen molar-refractivity contribution in [1.29, 1.82) is 0 Å². The molecule has 0 spiro atoms. The molecule has 1 aliphatic rings. The van der Waals surface area contributed by atoms with Gasteiger partial charge in [0.25, 0.3) is 0 Å². The molecule has 0 N–H and O–H groups in total. The first-order valence-electron chi connectivity index (χ1n) is 6.79. The molecule has 0 aliphatic carbocycles. The van der Waals surface area contributed by atoms with Crippen molar-refractivity contribution in [1.82, 2.24) is 24.8 Å². The molecule has 0 atom stereocenters. The van der Waals surface area contributed by atoms with Crippen molar-refractivity contribution in [3.05, 3.63) is 36.8 Å². The van der Waals surface area contributed by atoms with E-state index in [-0.39, 0.29) is 0 Å².